The number of rotatable bonds is 9. The van der Waals surface area contributed by atoms with Crippen LogP contribution in [0.4, 0.5) is 4.79 Å². The summed E-state index contributed by atoms with van der Waals surface area (Å²) in [4.78, 5) is 27.6. The van der Waals surface area contributed by atoms with Crippen LogP contribution in [0.15, 0.2) is 78.9 Å². The number of carbonyl (C=O) groups excluding carboxylic acids is 2. The van der Waals surface area contributed by atoms with Crippen molar-refractivity contribution < 1.29 is 22.7 Å². The lowest BCUT2D eigenvalue weighted by molar-refractivity contribution is 0.0892. The quantitative estimate of drug-likeness (QED) is 0.248. The summed E-state index contributed by atoms with van der Waals surface area (Å²) in [5.74, 6) is -0.677. The average Bonchev–Trinajstić information content (AvgIpc) is 3.29. The number of para-hydroxylation sites is 1. The second-order valence-corrected chi connectivity index (χ2v) is 12.9. The number of fused-ring (bicyclic) bond motifs is 1. The minimum atomic E-state index is -4.00. The molecule has 1 fully saturated rings. The molecule has 220 valence electrons. The molecule has 0 atom stereocenters. The summed E-state index contributed by atoms with van der Waals surface area (Å²) >= 11 is 6.59. The molecule has 1 N–H and O–H groups in total. The third kappa shape index (κ3) is 6.63. The van der Waals surface area contributed by atoms with Crippen molar-refractivity contribution in [3.63, 3.8) is 0 Å². The fourth-order valence-corrected chi connectivity index (χ4v) is 7.19. The Hall–Kier alpha value is -3.82. The maximum absolute atomic E-state index is 13.6. The Morgan fingerprint density at radius 1 is 0.929 bits per heavy atom. The number of aryl methyl sites for hydroxylation is 3. The molecule has 2 heterocycles. The van der Waals surface area contributed by atoms with Gasteiger partial charge in [0.25, 0.3) is 5.91 Å². The first-order valence-corrected chi connectivity index (χ1v) is 16.0. The standard InChI is InChI=1S/C32H34ClN3O5S/c1-23-27-15-8-16-28(33)30(27)36(19-9-14-24-10-4-2-5-11-24)29(23)31(37)34-42(39,40)26-17-20-35(21-18-26)32(38)41-22-25-12-6-3-7-13-25/h2-8,10-13,15-16,26H,9,14,17-22H2,1H3,(H,34,37). The van der Waals surface area contributed by atoms with Crippen molar-refractivity contribution in [1.29, 1.82) is 0 Å². The molecule has 1 aliphatic rings. The SMILES string of the molecule is Cc1c(C(=O)NS(=O)(=O)C2CCN(C(=O)OCc3ccccc3)CC2)n(CCCc2ccccc2)c2c(Cl)cccc12. The number of piperidine rings is 1. The van der Waals surface area contributed by atoms with Crippen molar-refractivity contribution in [2.45, 2.75) is 51.0 Å². The lowest BCUT2D eigenvalue weighted by atomic mass is 10.1. The summed E-state index contributed by atoms with van der Waals surface area (Å²) in [5, 5.41) is 0.509. The van der Waals surface area contributed by atoms with E-state index in [9.17, 15) is 18.0 Å². The van der Waals surface area contributed by atoms with Gasteiger partial charge in [-0.2, -0.15) is 0 Å². The topological polar surface area (TPSA) is 97.7 Å². The van der Waals surface area contributed by atoms with Crippen molar-refractivity contribution in [2.75, 3.05) is 13.1 Å². The number of ether oxygens (including phenoxy) is 1. The van der Waals surface area contributed by atoms with E-state index in [1.807, 2.05) is 72.2 Å². The van der Waals surface area contributed by atoms with E-state index in [1.54, 1.807) is 6.07 Å². The average molecular weight is 608 g/mol. The van der Waals surface area contributed by atoms with Crippen LogP contribution in [0.5, 0.6) is 0 Å². The molecule has 8 nitrogen and oxygen atoms in total. The van der Waals surface area contributed by atoms with Crippen molar-refractivity contribution in [1.82, 2.24) is 14.2 Å². The van der Waals surface area contributed by atoms with Crippen LogP contribution in [0, 0.1) is 6.92 Å². The summed E-state index contributed by atoms with van der Waals surface area (Å²) < 4.78 is 36.3. The Labute approximate surface area is 251 Å². The molecule has 5 rings (SSSR count). The van der Waals surface area contributed by atoms with E-state index in [0.717, 1.165) is 29.3 Å². The number of carbonyl (C=O) groups is 2. The van der Waals surface area contributed by atoms with Gasteiger partial charge in [0.05, 0.1) is 15.8 Å². The first-order valence-electron chi connectivity index (χ1n) is 14.1. The highest BCUT2D eigenvalue weighted by Crippen LogP contribution is 2.32. The Kier molecular flexibility index (Phi) is 9.18. The van der Waals surface area contributed by atoms with Gasteiger partial charge in [-0.15, -0.1) is 0 Å². The Morgan fingerprint density at radius 3 is 2.24 bits per heavy atom. The lowest BCUT2D eigenvalue weighted by Gasteiger charge is -2.31. The number of amides is 2. The van der Waals surface area contributed by atoms with Crippen LogP contribution in [-0.2, 0) is 34.3 Å². The van der Waals surface area contributed by atoms with E-state index >= 15 is 0 Å². The molecule has 0 unspecified atom stereocenters. The molecule has 10 heteroatoms. The van der Waals surface area contributed by atoms with E-state index in [1.165, 1.54) is 10.5 Å². The van der Waals surface area contributed by atoms with Crippen LogP contribution in [0.1, 0.15) is 46.4 Å². The molecule has 0 aliphatic carbocycles. The largest absolute Gasteiger partial charge is 0.445 e. The molecule has 3 aromatic carbocycles. The van der Waals surface area contributed by atoms with Crippen LogP contribution in [-0.4, -0.2) is 48.2 Å². The summed E-state index contributed by atoms with van der Waals surface area (Å²) in [6.07, 6.45) is 1.47. The Bertz CT molecular complexity index is 1660. The number of aromatic nitrogens is 1. The predicted octanol–water partition coefficient (Wildman–Crippen LogP) is 6.10. The molecule has 42 heavy (non-hydrogen) atoms. The summed E-state index contributed by atoms with van der Waals surface area (Å²) in [6.45, 7) is 2.91. The van der Waals surface area contributed by atoms with Gasteiger partial charge in [0.15, 0.2) is 0 Å². The third-order valence-electron chi connectivity index (χ3n) is 7.77. The molecule has 1 aromatic heterocycles. The van der Waals surface area contributed by atoms with Gasteiger partial charge in [0.2, 0.25) is 10.0 Å². The van der Waals surface area contributed by atoms with Gasteiger partial charge in [-0.25, -0.2) is 17.9 Å². The number of halogens is 1. The van der Waals surface area contributed by atoms with Crippen molar-refractivity contribution >= 4 is 44.5 Å². The third-order valence-corrected chi connectivity index (χ3v) is 9.89. The second-order valence-electron chi connectivity index (χ2n) is 10.6. The van der Waals surface area contributed by atoms with Crippen LogP contribution in [0.2, 0.25) is 5.02 Å². The molecule has 4 aromatic rings. The van der Waals surface area contributed by atoms with Gasteiger partial charge in [0.1, 0.15) is 12.3 Å². The minimum Gasteiger partial charge on any atom is -0.445 e. The molecule has 2 amide bonds. The van der Waals surface area contributed by atoms with Crippen molar-refractivity contribution in [3.05, 3.63) is 106 Å². The summed E-state index contributed by atoms with van der Waals surface area (Å²) in [7, 11) is -4.00. The molecule has 0 radical (unpaired) electrons. The molecular weight excluding hydrogens is 574 g/mol. The zero-order valence-corrected chi connectivity index (χ0v) is 25.0. The van der Waals surface area contributed by atoms with Gasteiger partial charge in [-0.05, 0) is 55.4 Å². The van der Waals surface area contributed by atoms with Crippen LogP contribution >= 0.6 is 11.6 Å². The lowest BCUT2D eigenvalue weighted by Crippen LogP contribution is -2.47. The van der Waals surface area contributed by atoms with Gasteiger partial charge in [-0.3, -0.25) is 4.79 Å². The van der Waals surface area contributed by atoms with Crippen LogP contribution < -0.4 is 4.72 Å². The number of likely N-dealkylation sites (tertiary alicyclic amines) is 1. The monoisotopic (exact) mass is 607 g/mol. The predicted molar refractivity (Wildman–Crippen MR) is 164 cm³/mol. The minimum absolute atomic E-state index is 0.149. The number of nitrogens with one attached hydrogen (secondary N) is 1. The zero-order chi connectivity index (χ0) is 29.7. The number of nitrogens with zero attached hydrogens (tertiary/aromatic N) is 2. The number of hydrogen-bond acceptors (Lipinski definition) is 5. The number of hydrogen-bond donors (Lipinski definition) is 1. The van der Waals surface area contributed by atoms with E-state index in [4.69, 9.17) is 16.3 Å². The highest BCUT2D eigenvalue weighted by Gasteiger charge is 2.34. The normalized spacial score (nSPS) is 14.2. The second kappa shape index (κ2) is 13.0. The maximum Gasteiger partial charge on any atom is 0.410 e. The highest BCUT2D eigenvalue weighted by molar-refractivity contribution is 7.90. The zero-order valence-electron chi connectivity index (χ0n) is 23.5. The first kappa shape index (κ1) is 29.7. The highest BCUT2D eigenvalue weighted by atomic mass is 35.5. The smallest absolute Gasteiger partial charge is 0.410 e. The number of sulfonamides is 1. The van der Waals surface area contributed by atoms with Crippen LogP contribution in [0.25, 0.3) is 10.9 Å². The van der Waals surface area contributed by atoms with Gasteiger partial charge in [-0.1, -0.05) is 84.4 Å². The Balaban J connectivity index is 1.26. The molecule has 1 aliphatic heterocycles. The van der Waals surface area contributed by atoms with Gasteiger partial charge >= 0.3 is 6.09 Å². The van der Waals surface area contributed by atoms with E-state index < -0.39 is 27.3 Å². The van der Waals surface area contributed by atoms with Crippen molar-refractivity contribution in [3.8, 4) is 0 Å². The van der Waals surface area contributed by atoms with Crippen molar-refractivity contribution in [2.24, 2.45) is 0 Å². The maximum atomic E-state index is 13.6. The van der Waals surface area contributed by atoms with E-state index in [-0.39, 0.29) is 38.2 Å². The summed E-state index contributed by atoms with van der Waals surface area (Å²) in [5.41, 5.74) is 3.74. The molecule has 0 spiro atoms. The Morgan fingerprint density at radius 2 is 1.57 bits per heavy atom. The van der Waals surface area contributed by atoms with Gasteiger partial charge < -0.3 is 14.2 Å². The fraction of sp³-hybridized carbons (Fsp3) is 0.312. The summed E-state index contributed by atoms with van der Waals surface area (Å²) in [6, 6.07) is 24.9. The van der Waals surface area contributed by atoms with E-state index in [0.29, 0.717) is 17.1 Å². The molecule has 0 bridgehead atoms. The number of benzene rings is 3. The molecule has 1 saturated heterocycles. The molecule has 0 saturated carbocycles. The molecular formula is C32H34ClN3O5S. The van der Waals surface area contributed by atoms with Crippen LogP contribution in [0.3, 0.4) is 0 Å². The fourth-order valence-electron chi connectivity index (χ4n) is 5.56. The first-order chi connectivity index (χ1) is 20.2. The van der Waals surface area contributed by atoms with E-state index in [2.05, 4.69) is 16.9 Å². The van der Waals surface area contributed by atoms with Gasteiger partial charge in [0, 0.05) is 25.0 Å².